The van der Waals surface area contributed by atoms with E-state index in [0.717, 1.165) is 30.8 Å². The molecule has 0 atom stereocenters. The molecule has 1 N–H and O–H groups in total. The number of aryl methyl sites for hydroxylation is 1. The minimum atomic E-state index is -0.167. The fraction of sp³-hybridized carbons (Fsp3) is 0.632. The van der Waals surface area contributed by atoms with Crippen LogP contribution >= 0.6 is 0 Å². The average molecular weight is 372 g/mol. The first-order valence-corrected chi connectivity index (χ1v) is 9.68. The van der Waals surface area contributed by atoms with Crippen molar-refractivity contribution in [2.45, 2.75) is 59.4 Å². The van der Waals surface area contributed by atoms with E-state index < -0.39 is 0 Å². The molecule has 0 aliphatic carbocycles. The first-order chi connectivity index (χ1) is 12.9. The smallest absolute Gasteiger partial charge is 0.337 e. The van der Waals surface area contributed by atoms with E-state index in [4.69, 9.17) is 0 Å². The van der Waals surface area contributed by atoms with Crippen LogP contribution in [0.5, 0.6) is 0 Å². The van der Waals surface area contributed by atoms with Crippen molar-refractivity contribution in [3.63, 3.8) is 0 Å². The van der Waals surface area contributed by atoms with E-state index in [2.05, 4.69) is 34.0 Å². The summed E-state index contributed by atoms with van der Waals surface area (Å²) < 4.78 is 1.67. The number of nitrogens with zero attached hydrogens (tertiary/aromatic N) is 5. The number of H-pyrrole nitrogens is 1. The van der Waals surface area contributed by atoms with Crippen molar-refractivity contribution in [1.82, 2.24) is 29.6 Å². The Bertz CT molecular complexity index is 861. The molecule has 0 radical (unpaired) electrons. The summed E-state index contributed by atoms with van der Waals surface area (Å²) in [5.74, 6) is 2.06. The first-order valence-electron chi connectivity index (χ1n) is 9.68. The lowest BCUT2D eigenvalue weighted by molar-refractivity contribution is 0.0703. The van der Waals surface area contributed by atoms with Gasteiger partial charge in [-0.2, -0.15) is 5.10 Å². The third-order valence-electron chi connectivity index (χ3n) is 4.98. The summed E-state index contributed by atoms with van der Waals surface area (Å²) in [6.45, 7) is 9.90. The fourth-order valence-electron chi connectivity index (χ4n) is 3.71. The van der Waals surface area contributed by atoms with E-state index in [-0.39, 0.29) is 17.5 Å². The Kier molecular flexibility index (Phi) is 5.72. The van der Waals surface area contributed by atoms with Crippen LogP contribution in [-0.2, 0) is 13.0 Å². The summed E-state index contributed by atoms with van der Waals surface area (Å²) in [7, 11) is 0. The lowest BCUT2D eigenvalue weighted by Crippen LogP contribution is -2.39. The molecule has 1 saturated heterocycles. The van der Waals surface area contributed by atoms with Gasteiger partial charge in [-0.25, -0.2) is 19.9 Å². The van der Waals surface area contributed by atoms with Crippen molar-refractivity contribution in [3.05, 3.63) is 39.6 Å². The summed E-state index contributed by atoms with van der Waals surface area (Å²) in [4.78, 5) is 35.4. The Hall–Kier alpha value is -2.51. The molecule has 0 unspecified atom stereocenters. The van der Waals surface area contributed by atoms with E-state index in [9.17, 15) is 9.59 Å². The van der Waals surface area contributed by atoms with Crippen molar-refractivity contribution in [1.29, 1.82) is 0 Å². The van der Waals surface area contributed by atoms with Gasteiger partial charge in [0.1, 0.15) is 17.3 Å². The Labute approximate surface area is 159 Å². The number of piperidine rings is 1. The predicted octanol–water partition coefficient (Wildman–Crippen LogP) is 1.91. The van der Waals surface area contributed by atoms with Crippen molar-refractivity contribution in [2.75, 3.05) is 13.1 Å². The van der Waals surface area contributed by atoms with E-state index in [1.165, 1.54) is 0 Å². The zero-order chi connectivity index (χ0) is 19.6. The zero-order valence-corrected chi connectivity index (χ0v) is 16.5. The normalized spacial score (nSPS) is 15.5. The molecule has 8 heteroatoms. The Morgan fingerprint density at radius 2 is 2.00 bits per heavy atom. The molecule has 0 aromatic carbocycles. The fourth-order valence-corrected chi connectivity index (χ4v) is 3.71. The second-order valence-electron chi connectivity index (χ2n) is 7.59. The monoisotopic (exact) mass is 372 g/mol. The van der Waals surface area contributed by atoms with Crippen LogP contribution in [0.25, 0.3) is 0 Å². The number of hydrogen-bond donors (Lipinski definition) is 1. The summed E-state index contributed by atoms with van der Waals surface area (Å²) in [5.41, 5.74) is 1.22. The number of amides is 1. The maximum absolute atomic E-state index is 12.9. The van der Waals surface area contributed by atoms with Crippen LogP contribution < -0.4 is 5.69 Å². The van der Waals surface area contributed by atoms with E-state index in [1.807, 2.05) is 24.8 Å². The molecule has 146 valence electrons. The van der Waals surface area contributed by atoms with E-state index in [1.54, 1.807) is 4.57 Å². The van der Waals surface area contributed by atoms with Crippen molar-refractivity contribution < 1.29 is 4.79 Å². The number of likely N-dealkylation sites (tertiary alicyclic amines) is 1. The van der Waals surface area contributed by atoms with Crippen molar-refractivity contribution in [3.8, 4) is 0 Å². The Morgan fingerprint density at radius 1 is 1.30 bits per heavy atom. The summed E-state index contributed by atoms with van der Waals surface area (Å²) >= 11 is 0. The maximum Gasteiger partial charge on any atom is 0.343 e. The van der Waals surface area contributed by atoms with Gasteiger partial charge in [-0.1, -0.05) is 13.8 Å². The summed E-state index contributed by atoms with van der Waals surface area (Å²) in [6.07, 6.45) is 2.41. The average Bonchev–Trinajstić information content (AvgIpc) is 3.00. The SMILES string of the molecule is CCn1c(C2CCN(C(=O)c3cc(CC(C)C)nc(C)n3)CC2)n[nH]c1=O. The molecule has 0 spiro atoms. The Balaban J connectivity index is 1.70. The van der Waals surface area contributed by atoms with Crippen LogP contribution in [0.15, 0.2) is 10.9 Å². The Morgan fingerprint density at radius 3 is 2.63 bits per heavy atom. The quantitative estimate of drug-likeness (QED) is 0.865. The molecule has 3 heterocycles. The number of aromatic amines is 1. The predicted molar refractivity (Wildman–Crippen MR) is 102 cm³/mol. The number of carbonyl (C=O) groups is 1. The standard InChI is InChI=1S/C19H28N6O2/c1-5-25-17(22-23-19(25)27)14-6-8-24(9-7-14)18(26)16-11-15(10-12(2)3)20-13(4)21-16/h11-12,14H,5-10H2,1-4H3,(H,23,27). The minimum Gasteiger partial charge on any atom is -0.337 e. The van der Waals surface area contributed by atoms with Crippen molar-refractivity contribution in [2.24, 2.45) is 5.92 Å². The molecule has 1 amide bonds. The molecule has 0 saturated carbocycles. The molecule has 1 fully saturated rings. The highest BCUT2D eigenvalue weighted by Gasteiger charge is 2.28. The van der Waals surface area contributed by atoms with Gasteiger partial charge in [0.2, 0.25) is 0 Å². The number of hydrogen-bond acceptors (Lipinski definition) is 5. The highest BCUT2D eigenvalue weighted by molar-refractivity contribution is 5.92. The molecular weight excluding hydrogens is 344 g/mol. The number of nitrogens with one attached hydrogen (secondary N) is 1. The molecule has 3 rings (SSSR count). The first kappa shape index (κ1) is 19.3. The molecule has 27 heavy (non-hydrogen) atoms. The van der Waals surface area contributed by atoms with Gasteiger partial charge in [-0.15, -0.1) is 0 Å². The van der Waals surface area contributed by atoms with Gasteiger partial charge in [0.15, 0.2) is 0 Å². The molecule has 2 aromatic heterocycles. The molecule has 1 aliphatic rings. The van der Waals surface area contributed by atoms with E-state index >= 15 is 0 Å². The molecular formula is C19H28N6O2. The van der Waals surface area contributed by atoms with Gasteiger partial charge in [0.05, 0.1) is 0 Å². The number of carbonyl (C=O) groups excluding carboxylic acids is 1. The third kappa shape index (κ3) is 4.26. The largest absolute Gasteiger partial charge is 0.343 e. The lowest BCUT2D eigenvalue weighted by atomic mass is 9.95. The minimum absolute atomic E-state index is 0.0427. The second-order valence-corrected chi connectivity index (χ2v) is 7.59. The van der Waals surface area contributed by atoms with Gasteiger partial charge in [0, 0.05) is 31.2 Å². The summed E-state index contributed by atoms with van der Waals surface area (Å²) in [6, 6.07) is 1.82. The third-order valence-corrected chi connectivity index (χ3v) is 4.98. The van der Waals surface area contributed by atoms with Crippen molar-refractivity contribution >= 4 is 5.91 Å². The van der Waals surface area contributed by atoms with Gasteiger partial charge in [-0.3, -0.25) is 9.36 Å². The topological polar surface area (TPSA) is 96.8 Å². The van der Waals surface area contributed by atoms with Crippen LogP contribution in [0.2, 0.25) is 0 Å². The molecule has 1 aliphatic heterocycles. The van der Waals surface area contributed by atoms with Gasteiger partial charge < -0.3 is 4.90 Å². The van der Waals surface area contributed by atoms with Crippen LogP contribution in [-0.4, -0.2) is 48.6 Å². The van der Waals surface area contributed by atoms with Gasteiger partial charge in [-0.05, 0) is 45.1 Å². The molecule has 2 aromatic rings. The molecule has 0 bridgehead atoms. The van der Waals surface area contributed by atoms with Crippen LogP contribution in [0.4, 0.5) is 0 Å². The maximum atomic E-state index is 12.9. The van der Waals surface area contributed by atoms with Gasteiger partial charge >= 0.3 is 5.69 Å². The zero-order valence-electron chi connectivity index (χ0n) is 16.5. The highest BCUT2D eigenvalue weighted by atomic mass is 16.2. The number of aromatic nitrogens is 5. The highest BCUT2D eigenvalue weighted by Crippen LogP contribution is 2.26. The van der Waals surface area contributed by atoms with Gasteiger partial charge in [0.25, 0.3) is 5.91 Å². The van der Waals surface area contributed by atoms with Crippen LogP contribution in [0.3, 0.4) is 0 Å². The number of rotatable bonds is 5. The second kappa shape index (κ2) is 8.02. The van der Waals surface area contributed by atoms with E-state index in [0.29, 0.717) is 37.1 Å². The lowest BCUT2D eigenvalue weighted by Gasteiger charge is -2.31. The molecule has 8 nitrogen and oxygen atoms in total. The summed E-state index contributed by atoms with van der Waals surface area (Å²) in [5, 5.41) is 6.72. The van der Waals surface area contributed by atoms with Crippen LogP contribution in [0.1, 0.15) is 67.4 Å². The van der Waals surface area contributed by atoms with Crippen LogP contribution in [0, 0.1) is 12.8 Å².